The Morgan fingerprint density at radius 1 is 1.40 bits per heavy atom. The maximum absolute atomic E-state index is 13.6. The van der Waals surface area contributed by atoms with Crippen LogP contribution in [0.2, 0.25) is 5.02 Å². The Balaban J connectivity index is 2.85. The normalized spacial score (nSPS) is 9.60. The molecule has 0 amide bonds. The smallest absolute Gasteiger partial charge is 0.143 e. The van der Waals surface area contributed by atoms with Gasteiger partial charge in [-0.25, -0.2) is 4.39 Å². The minimum Gasteiger partial charge on any atom is -0.205 e. The molecule has 0 heterocycles. The molecule has 15 heavy (non-hydrogen) atoms. The number of hydrogen-bond acceptors (Lipinski definition) is 0. The number of rotatable bonds is 2. The third-order valence-electron chi connectivity index (χ3n) is 1.98. The van der Waals surface area contributed by atoms with Gasteiger partial charge in [0.1, 0.15) is 5.82 Å². The van der Waals surface area contributed by atoms with E-state index in [4.69, 9.17) is 23.2 Å². The molecule has 0 bridgehead atoms. The van der Waals surface area contributed by atoms with Gasteiger partial charge in [0, 0.05) is 22.9 Å². The summed E-state index contributed by atoms with van der Waals surface area (Å²) in [6, 6.07) is 3.25. The number of alkyl halides is 1. The summed E-state index contributed by atoms with van der Waals surface area (Å²) >= 11 is 11.3. The van der Waals surface area contributed by atoms with Crippen molar-refractivity contribution in [2.24, 2.45) is 0 Å². The zero-order valence-electron chi connectivity index (χ0n) is 8.41. The standard InChI is InChI=1S/C12H11Cl2F/c1-9-11(14)7-6-10(12(9)15)5-3-2-4-8-13/h6-7H,2,4,8H2,1H3. The second-order valence-electron chi connectivity index (χ2n) is 3.13. The van der Waals surface area contributed by atoms with Crippen molar-refractivity contribution in [3.63, 3.8) is 0 Å². The van der Waals surface area contributed by atoms with Crippen molar-refractivity contribution in [2.45, 2.75) is 19.8 Å². The quantitative estimate of drug-likeness (QED) is 0.417. The van der Waals surface area contributed by atoms with Crippen LogP contribution in [0.3, 0.4) is 0 Å². The van der Waals surface area contributed by atoms with Gasteiger partial charge in [-0.3, -0.25) is 0 Å². The third-order valence-corrected chi connectivity index (χ3v) is 2.66. The fraction of sp³-hybridized carbons (Fsp3) is 0.333. The Labute approximate surface area is 99.4 Å². The van der Waals surface area contributed by atoms with Crippen molar-refractivity contribution >= 4 is 23.2 Å². The monoisotopic (exact) mass is 244 g/mol. The Morgan fingerprint density at radius 2 is 2.13 bits per heavy atom. The van der Waals surface area contributed by atoms with Crippen LogP contribution in [0.25, 0.3) is 0 Å². The van der Waals surface area contributed by atoms with Gasteiger partial charge < -0.3 is 0 Å². The Morgan fingerprint density at radius 3 is 2.80 bits per heavy atom. The first kappa shape index (κ1) is 12.4. The molecule has 1 rings (SSSR count). The molecule has 0 nitrogen and oxygen atoms in total. The molecule has 80 valence electrons. The molecular weight excluding hydrogens is 234 g/mol. The molecule has 0 aromatic heterocycles. The van der Waals surface area contributed by atoms with E-state index in [2.05, 4.69) is 11.8 Å². The van der Waals surface area contributed by atoms with Crippen LogP contribution in [0.15, 0.2) is 12.1 Å². The van der Waals surface area contributed by atoms with Gasteiger partial charge in [0.15, 0.2) is 0 Å². The highest BCUT2D eigenvalue weighted by molar-refractivity contribution is 6.31. The second-order valence-corrected chi connectivity index (χ2v) is 3.91. The first-order valence-corrected chi connectivity index (χ1v) is 5.57. The van der Waals surface area contributed by atoms with Crippen molar-refractivity contribution in [1.29, 1.82) is 0 Å². The first-order valence-electron chi connectivity index (χ1n) is 4.66. The summed E-state index contributed by atoms with van der Waals surface area (Å²) in [5, 5.41) is 0.429. The summed E-state index contributed by atoms with van der Waals surface area (Å²) in [5.41, 5.74) is 0.840. The first-order chi connectivity index (χ1) is 7.16. The molecule has 0 radical (unpaired) electrons. The summed E-state index contributed by atoms with van der Waals surface area (Å²) in [4.78, 5) is 0. The molecule has 0 spiro atoms. The molecule has 0 saturated heterocycles. The lowest BCUT2D eigenvalue weighted by Gasteiger charge is -2.00. The lowest BCUT2D eigenvalue weighted by atomic mass is 10.1. The van der Waals surface area contributed by atoms with Crippen molar-refractivity contribution in [2.75, 3.05) is 5.88 Å². The van der Waals surface area contributed by atoms with Crippen LogP contribution in [-0.4, -0.2) is 5.88 Å². The molecule has 1 aromatic carbocycles. The van der Waals surface area contributed by atoms with Crippen LogP contribution in [0.1, 0.15) is 24.0 Å². The minimum atomic E-state index is -0.333. The predicted octanol–water partition coefficient (Wildman–Crippen LogP) is 4.16. The number of unbranched alkanes of at least 4 members (excludes halogenated alkanes) is 1. The molecule has 0 saturated carbocycles. The molecule has 0 aliphatic heterocycles. The summed E-state index contributed by atoms with van der Waals surface area (Å²) in [5.74, 6) is 5.89. The van der Waals surface area contributed by atoms with Crippen LogP contribution < -0.4 is 0 Å². The minimum absolute atomic E-state index is 0.333. The van der Waals surface area contributed by atoms with E-state index in [1.54, 1.807) is 19.1 Å². The molecule has 0 atom stereocenters. The van der Waals surface area contributed by atoms with Crippen LogP contribution in [-0.2, 0) is 0 Å². The molecule has 0 unspecified atom stereocenters. The number of hydrogen-bond donors (Lipinski definition) is 0. The fourth-order valence-corrected chi connectivity index (χ4v) is 1.35. The molecule has 1 aromatic rings. The van der Waals surface area contributed by atoms with Gasteiger partial charge >= 0.3 is 0 Å². The summed E-state index contributed by atoms with van der Waals surface area (Å²) in [6.45, 7) is 1.64. The highest BCUT2D eigenvalue weighted by Gasteiger charge is 2.05. The highest BCUT2D eigenvalue weighted by Crippen LogP contribution is 2.20. The molecule has 0 aliphatic rings. The van der Waals surface area contributed by atoms with Crippen LogP contribution >= 0.6 is 23.2 Å². The van der Waals surface area contributed by atoms with E-state index in [9.17, 15) is 4.39 Å². The van der Waals surface area contributed by atoms with E-state index in [0.717, 1.165) is 6.42 Å². The average molecular weight is 245 g/mol. The number of benzene rings is 1. The third kappa shape index (κ3) is 3.41. The lowest BCUT2D eigenvalue weighted by molar-refractivity contribution is 0.615. The van der Waals surface area contributed by atoms with Crippen molar-refractivity contribution in [3.05, 3.63) is 34.1 Å². The zero-order chi connectivity index (χ0) is 11.3. The molecule has 3 heteroatoms. The van der Waals surface area contributed by atoms with Crippen LogP contribution in [0.4, 0.5) is 4.39 Å². The molecule has 0 fully saturated rings. The zero-order valence-corrected chi connectivity index (χ0v) is 9.92. The van der Waals surface area contributed by atoms with E-state index >= 15 is 0 Å². The summed E-state index contributed by atoms with van der Waals surface area (Å²) in [7, 11) is 0. The topological polar surface area (TPSA) is 0 Å². The van der Waals surface area contributed by atoms with Gasteiger partial charge in [0.2, 0.25) is 0 Å². The van der Waals surface area contributed by atoms with E-state index in [1.165, 1.54) is 0 Å². The van der Waals surface area contributed by atoms with Crippen LogP contribution in [0, 0.1) is 24.6 Å². The summed E-state index contributed by atoms with van der Waals surface area (Å²) < 4.78 is 13.6. The maximum Gasteiger partial charge on any atom is 0.143 e. The van der Waals surface area contributed by atoms with E-state index in [-0.39, 0.29) is 5.82 Å². The van der Waals surface area contributed by atoms with Crippen molar-refractivity contribution < 1.29 is 4.39 Å². The molecule has 0 N–H and O–H groups in total. The lowest BCUT2D eigenvalue weighted by Crippen LogP contribution is -1.89. The summed E-state index contributed by atoms with van der Waals surface area (Å²) in [6.07, 6.45) is 1.51. The average Bonchev–Trinajstić information content (AvgIpc) is 2.24. The van der Waals surface area contributed by atoms with Gasteiger partial charge in [-0.15, -0.1) is 11.6 Å². The fourth-order valence-electron chi connectivity index (χ4n) is 1.07. The van der Waals surface area contributed by atoms with Gasteiger partial charge in [-0.2, -0.15) is 0 Å². The van der Waals surface area contributed by atoms with Gasteiger partial charge in [0.25, 0.3) is 0 Å². The van der Waals surface area contributed by atoms with Crippen LogP contribution in [0.5, 0.6) is 0 Å². The van der Waals surface area contributed by atoms with E-state index < -0.39 is 0 Å². The van der Waals surface area contributed by atoms with E-state index in [0.29, 0.717) is 28.5 Å². The van der Waals surface area contributed by atoms with Crippen molar-refractivity contribution in [3.8, 4) is 11.8 Å². The van der Waals surface area contributed by atoms with Gasteiger partial charge in [0.05, 0.1) is 5.56 Å². The predicted molar refractivity (Wildman–Crippen MR) is 63.0 cm³/mol. The largest absolute Gasteiger partial charge is 0.205 e. The van der Waals surface area contributed by atoms with Gasteiger partial charge in [-0.1, -0.05) is 23.4 Å². The Kier molecular flexibility index (Phi) is 4.94. The Bertz CT molecular complexity index is 402. The molecular formula is C12H11Cl2F. The SMILES string of the molecule is Cc1c(Cl)ccc(C#CCCCCl)c1F. The number of halogens is 3. The Hall–Kier alpha value is -0.710. The highest BCUT2D eigenvalue weighted by atomic mass is 35.5. The maximum atomic E-state index is 13.6. The second kappa shape index (κ2) is 6.00. The van der Waals surface area contributed by atoms with Gasteiger partial charge in [-0.05, 0) is 25.5 Å². The molecule has 0 aliphatic carbocycles. The van der Waals surface area contributed by atoms with Crippen molar-refractivity contribution in [1.82, 2.24) is 0 Å². The van der Waals surface area contributed by atoms with E-state index in [1.807, 2.05) is 0 Å².